The van der Waals surface area contributed by atoms with Crippen molar-refractivity contribution in [2.24, 2.45) is 29.1 Å². The highest BCUT2D eigenvalue weighted by atomic mass is 14.9. The summed E-state index contributed by atoms with van der Waals surface area (Å²) in [5.74, 6) is 4.38. The molecular weight excluding hydrogens is 206 g/mol. The van der Waals surface area contributed by atoms with Crippen molar-refractivity contribution in [2.45, 2.75) is 57.8 Å². The lowest BCUT2D eigenvalue weighted by Crippen LogP contribution is -2.51. The van der Waals surface area contributed by atoms with Crippen LogP contribution in [0.1, 0.15) is 57.8 Å². The number of hydrogen-bond donors (Lipinski definition) is 1. The van der Waals surface area contributed by atoms with Crippen molar-refractivity contribution in [3.8, 4) is 0 Å². The minimum atomic E-state index is 0.749. The third-order valence-corrected chi connectivity index (χ3v) is 6.32. The molecule has 5 fully saturated rings. The van der Waals surface area contributed by atoms with Crippen molar-refractivity contribution in [2.75, 3.05) is 13.1 Å². The normalized spacial score (nSPS) is 48.4. The molecule has 1 N–H and O–H groups in total. The Hall–Kier alpha value is -0.0400. The van der Waals surface area contributed by atoms with Crippen LogP contribution in [0.25, 0.3) is 0 Å². The van der Waals surface area contributed by atoms with Crippen molar-refractivity contribution in [3.63, 3.8) is 0 Å². The van der Waals surface area contributed by atoms with Gasteiger partial charge in [0.05, 0.1) is 0 Å². The molecule has 1 heteroatoms. The second kappa shape index (κ2) is 3.98. The molecule has 96 valence electrons. The van der Waals surface area contributed by atoms with Crippen molar-refractivity contribution in [3.05, 3.63) is 0 Å². The van der Waals surface area contributed by atoms with E-state index in [2.05, 4.69) is 5.32 Å². The molecule has 0 radical (unpaired) electrons. The predicted octanol–water partition coefficient (Wildman–Crippen LogP) is 3.59. The molecule has 0 aliphatic heterocycles. The Morgan fingerprint density at radius 2 is 1.47 bits per heavy atom. The first kappa shape index (κ1) is 10.8. The van der Waals surface area contributed by atoms with Gasteiger partial charge in [0.15, 0.2) is 0 Å². The van der Waals surface area contributed by atoms with Crippen molar-refractivity contribution >= 4 is 0 Å². The van der Waals surface area contributed by atoms with Gasteiger partial charge in [-0.2, -0.15) is 0 Å². The molecule has 1 nitrogen and oxygen atoms in total. The van der Waals surface area contributed by atoms with E-state index in [1.165, 1.54) is 32.4 Å². The third kappa shape index (κ3) is 1.95. The summed E-state index contributed by atoms with van der Waals surface area (Å²) >= 11 is 0. The molecule has 5 aliphatic carbocycles. The van der Waals surface area contributed by atoms with E-state index in [0.717, 1.165) is 29.1 Å². The number of hydrogen-bond acceptors (Lipinski definition) is 1. The molecule has 0 aromatic carbocycles. The number of nitrogens with one attached hydrogen (secondary N) is 1. The summed E-state index contributed by atoms with van der Waals surface area (Å²) in [6, 6.07) is 0. The fourth-order valence-corrected chi connectivity index (χ4v) is 5.74. The predicted molar refractivity (Wildman–Crippen MR) is 70.8 cm³/mol. The van der Waals surface area contributed by atoms with Crippen LogP contribution in [0.15, 0.2) is 0 Å². The molecule has 0 amide bonds. The second-order valence-electron chi connectivity index (χ2n) is 7.85. The maximum absolute atomic E-state index is 3.84. The fraction of sp³-hybridized carbons (Fsp3) is 1.00. The lowest BCUT2D eigenvalue weighted by molar-refractivity contribution is -0.0518. The summed E-state index contributed by atoms with van der Waals surface area (Å²) in [5, 5.41) is 3.84. The van der Waals surface area contributed by atoms with Gasteiger partial charge >= 0.3 is 0 Å². The molecule has 0 unspecified atom stereocenters. The monoisotopic (exact) mass is 233 g/mol. The van der Waals surface area contributed by atoms with Crippen LogP contribution in [-0.4, -0.2) is 13.1 Å². The molecule has 0 atom stereocenters. The highest BCUT2D eigenvalue weighted by Gasteiger charge is 2.50. The first-order valence-corrected chi connectivity index (χ1v) is 8.02. The van der Waals surface area contributed by atoms with Crippen molar-refractivity contribution in [1.82, 2.24) is 5.32 Å². The maximum Gasteiger partial charge on any atom is 0.000823 e. The zero-order chi connectivity index (χ0) is 11.3. The molecule has 5 rings (SSSR count). The largest absolute Gasteiger partial charge is 0.316 e. The zero-order valence-corrected chi connectivity index (χ0v) is 11.1. The minimum Gasteiger partial charge on any atom is -0.316 e. The van der Waals surface area contributed by atoms with Gasteiger partial charge in [0.1, 0.15) is 0 Å². The van der Waals surface area contributed by atoms with E-state index in [1.54, 1.807) is 38.5 Å². The highest BCUT2D eigenvalue weighted by molar-refractivity contribution is 5.02. The van der Waals surface area contributed by atoms with E-state index in [1.807, 2.05) is 0 Å². The van der Waals surface area contributed by atoms with E-state index >= 15 is 0 Å². The molecule has 0 saturated heterocycles. The van der Waals surface area contributed by atoms with Crippen LogP contribution in [0.3, 0.4) is 0 Å². The Morgan fingerprint density at radius 3 is 1.94 bits per heavy atom. The first-order valence-electron chi connectivity index (χ1n) is 8.02. The van der Waals surface area contributed by atoms with E-state index < -0.39 is 0 Å². The average molecular weight is 233 g/mol. The highest BCUT2D eigenvalue weighted by Crippen LogP contribution is 2.59. The Balaban J connectivity index is 1.35. The van der Waals surface area contributed by atoms with Crippen LogP contribution in [-0.2, 0) is 0 Å². The maximum atomic E-state index is 3.84. The van der Waals surface area contributed by atoms with Crippen LogP contribution in [0, 0.1) is 29.1 Å². The lowest BCUT2D eigenvalue weighted by atomic mass is 9.49. The lowest BCUT2D eigenvalue weighted by Gasteiger charge is -2.57. The molecule has 17 heavy (non-hydrogen) atoms. The van der Waals surface area contributed by atoms with Crippen molar-refractivity contribution in [1.29, 1.82) is 0 Å². The molecule has 5 saturated carbocycles. The van der Waals surface area contributed by atoms with Gasteiger partial charge in [0.25, 0.3) is 0 Å². The minimum absolute atomic E-state index is 0.749. The van der Waals surface area contributed by atoms with E-state index in [4.69, 9.17) is 0 Å². The van der Waals surface area contributed by atoms with Crippen LogP contribution >= 0.6 is 0 Å². The first-order chi connectivity index (χ1) is 8.31. The second-order valence-corrected chi connectivity index (χ2v) is 7.85. The number of rotatable bonds is 4. The zero-order valence-electron chi connectivity index (χ0n) is 11.1. The van der Waals surface area contributed by atoms with Crippen LogP contribution < -0.4 is 5.32 Å². The Bertz CT molecular complexity index is 257. The fourth-order valence-electron chi connectivity index (χ4n) is 5.74. The molecule has 0 spiro atoms. The Morgan fingerprint density at radius 1 is 0.882 bits per heavy atom. The van der Waals surface area contributed by atoms with E-state index in [-0.39, 0.29) is 0 Å². The van der Waals surface area contributed by atoms with Crippen LogP contribution in [0.5, 0.6) is 0 Å². The summed E-state index contributed by atoms with van der Waals surface area (Å²) in [4.78, 5) is 0. The van der Waals surface area contributed by atoms with E-state index in [9.17, 15) is 0 Å². The topological polar surface area (TPSA) is 12.0 Å². The Labute approximate surface area is 106 Å². The Kier molecular flexibility index (Phi) is 2.54. The third-order valence-electron chi connectivity index (χ3n) is 6.32. The van der Waals surface area contributed by atoms with Gasteiger partial charge < -0.3 is 5.32 Å². The van der Waals surface area contributed by atoms with Crippen LogP contribution in [0.2, 0.25) is 0 Å². The summed E-state index contributed by atoms with van der Waals surface area (Å²) in [7, 11) is 0. The smallest absolute Gasteiger partial charge is 0.000823 e. The SMILES string of the molecule is C1CC(CNCC23CC4CC(CC(C4)C2)C3)C1. The van der Waals surface area contributed by atoms with Crippen molar-refractivity contribution < 1.29 is 0 Å². The molecule has 5 aliphatic rings. The standard InChI is InChI=1S/C16H27N/c1-2-12(3-1)10-17-11-16-7-13-4-14(8-16)6-15(5-13)9-16/h12-15,17H,1-11H2. The molecule has 0 aromatic rings. The summed E-state index contributed by atoms with van der Waals surface area (Å²) in [6.07, 6.45) is 13.9. The van der Waals surface area contributed by atoms with Gasteiger partial charge in [-0.25, -0.2) is 0 Å². The quantitative estimate of drug-likeness (QED) is 0.782. The van der Waals surface area contributed by atoms with Gasteiger partial charge in [-0.3, -0.25) is 0 Å². The van der Waals surface area contributed by atoms with Gasteiger partial charge in [-0.05, 0) is 87.0 Å². The summed E-state index contributed by atoms with van der Waals surface area (Å²) < 4.78 is 0. The van der Waals surface area contributed by atoms with Gasteiger partial charge in [0, 0.05) is 6.54 Å². The molecule has 0 aromatic heterocycles. The molecular formula is C16H27N. The summed E-state index contributed by atoms with van der Waals surface area (Å²) in [5.41, 5.74) is 0.749. The van der Waals surface area contributed by atoms with Crippen LogP contribution in [0.4, 0.5) is 0 Å². The van der Waals surface area contributed by atoms with Gasteiger partial charge in [0.2, 0.25) is 0 Å². The molecule has 4 bridgehead atoms. The average Bonchev–Trinajstić information content (AvgIpc) is 2.19. The molecule has 0 heterocycles. The van der Waals surface area contributed by atoms with Gasteiger partial charge in [-0.1, -0.05) is 6.42 Å². The van der Waals surface area contributed by atoms with Gasteiger partial charge in [-0.15, -0.1) is 0 Å². The van der Waals surface area contributed by atoms with E-state index in [0.29, 0.717) is 0 Å². The summed E-state index contributed by atoms with van der Waals surface area (Å²) in [6.45, 7) is 2.68.